The van der Waals surface area contributed by atoms with E-state index in [-0.39, 0.29) is 6.54 Å². The highest BCUT2D eigenvalue weighted by Gasteiger charge is 2.14. The molecule has 96 valence electrons. The molecule has 0 saturated heterocycles. The number of rotatable bonds is 6. The largest absolute Gasteiger partial charge is 0.382 e. The molecule has 1 N–H and O–H groups in total. The Labute approximate surface area is 105 Å². The Morgan fingerprint density at radius 3 is 2.12 bits per heavy atom. The van der Waals surface area contributed by atoms with Crippen molar-refractivity contribution in [1.82, 2.24) is 5.32 Å². The molecule has 0 atom stereocenters. The maximum absolute atomic E-state index is 13.3. The summed E-state index contributed by atoms with van der Waals surface area (Å²) in [4.78, 5) is 0. The lowest BCUT2D eigenvalue weighted by Crippen LogP contribution is -2.30. The van der Waals surface area contributed by atoms with Gasteiger partial charge >= 0.3 is 0 Å². The van der Waals surface area contributed by atoms with Crippen molar-refractivity contribution >= 4 is 0 Å². The number of hydrogen-bond donors (Lipinski definition) is 1. The summed E-state index contributed by atoms with van der Waals surface area (Å²) in [5, 5.41) is 2.94. The van der Waals surface area contributed by atoms with Crippen molar-refractivity contribution in [3.8, 4) is 0 Å². The van der Waals surface area contributed by atoms with E-state index in [0.29, 0.717) is 5.70 Å². The second-order valence-electron chi connectivity index (χ2n) is 5.09. The van der Waals surface area contributed by atoms with Crippen LogP contribution in [0.4, 0.5) is 4.39 Å². The molecule has 0 amide bonds. The van der Waals surface area contributed by atoms with E-state index in [2.05, 4.69) is 32.3 Å². The fraction of sp³-hybridized carbons (Fsp3) is 0.467. The molecule has 0 aromatic carbocycles. The molecule has 0 radical (unpaired) electrons. The first-order valence-electron chi connectivity index (χ1n) is 5.76. The molecule has 0 aromatic rings. The lowest BCUT2D eigenvalue weighted by atomic mass is 10.1. The van der Waals surface area contributed by atoms with Crippen molar-refractivity contribution < 1.29 is 4.39 Å². The van der Waals surface area contributed by atoms with Gasteiger partial charge in [0.1, 0.15) is 5.67 Å². The van der Waals surface area contributed by atoms with Crippen LogP contribution in [0.5, 0.6) is 0 Å². The van der Waals surface area contributed by atoms with Crippen LogP contribution >= 0.6 is 0 Å². The summed E-state index contributed by atoms with van der Waals surface area (Å²) < 4.78 is 13.3. The minimum absolute atomic E-state index is 0.236. The molecule has 0 aliphatic carbocycles. The molecule has 0 aromatic heterocycles. The Bertz CT molecular complexity index is 350. The van der Waals surface area contributed by atoms with Crippen molar-refractivity contribution in [1.29, 1.82) is 0 Å². The summed E-state index contributed by atoms with van der Waals surface area (Å²) in [6, 6.07) is 0. The van der Waals surface area contributed by atoms with Crippen LogP contribution in [0.15, 0.2) is 47.7 Å². The van der Waals surface area contributed by atoms with Crippen LogP contribution in [-0.4, -0.2) is 12.2 Å². The lowest BCUT2D eigenvalue weighted by Gasteiger charge is -2.17. The normalized spacial score (nSPS) is 11.4. The minimum Gasteiger partial charge on any atom is -0.382 e. The van der Waals surface area contributed by atoms with Crippen LogP contribution in [0.1, 0.15) is 34.6 Å². The van der Waals surface area contributed by atoms with Crippen LogP contribution in [-0.2, 0) is 0 Å². The quantitative estimate of drug-likeness (QED) is 0.679. The molecule has 1 nitrogen and oxygen atoms in total. The molecule has 0 fully saturated rings. The number of allylic oxidation sites excluding steroid dienone is 4. The second kappa shape index (κ2) is 6.43. The van der Waals surface area contributed by atoms with E-state index in [4.69, 9.17) is 0 Å². The third kappa shape index (κ3) is 7.56. The average Bonchev–Trinajstić information content (AvgIpc) is 2.20. The number of nitrogens with one attached hydrogen (secondary N) is 1. The molecule has 0 bridgehead atoms. The van der Waals surface area contributed by atoms with Gasteiger partial charge in [0.25, 0.3) is 0 Å². The van der Waals surface area contributed by atoms with Crippen molar-refractivity contribution in [2.75, 3.05) is 6.54 Å². The predicted octanol–water partition coefficient (Wildman–Crippen LogP) is 4.31. The number of hydrogen-bond acceptors (Lipinski definition) is 1. The van der Waals surface area contributed by atoms with Crippen molar-refractivity contribution in [2.45, 2.75) is 40.3 Å². The van der Waals surface area contributed by atoms with E-state index in [1.54, 1.807) is 0 Å². The van der Waals surface area contributed by atoms with Gasteiger partial charge in [0.2, 0.25) is 0 Å². The second-order valence-corrected chi connectivity index (χ2v) is 5.09. The highest BCUT2D eigenvalue weighted by atomic mass is 19.1. The summed E-state index contributed by atoms with van der Waals surface area (Å²) in [5.74, 6) is 0. The average molecular weight is 237 g/mol. The van der Waals surface area contributed by atoms with Gasteiger partial charge < -0.3 is 5.32 Å². The van der Waals surface area contributed by atoms with Gasteiger partial charge in [-0.2, -0.15) is 0 Å². The molecule has 0 aliphatic rings. The monoisotopic (exact) mass is 237 g/mol. The lowest BCUT2D eigenvalue weighted by molar-refractivity contribution is 0.216. The van der Waals surface area contributed by atoms with Crippen molar-refractivity contribution in [2.24, 2.45) is 0 Å². The van der Waals surface area contributed by atoms with E-state index in [1.807, 2.05) is 19.1 Å². The molecule has 0 heterocycles. The minimum atomic E-state index is -1.25. The van der Waals surface area contributed by atoms with Gasteiger partial charge in [0.15, 0.2) is 0 Å². The highest BCUT2D eigenvalue weighted by molar-refractivity contribution is 5.37. The Balaban J connectivity index is 4.35. The standard InChI is InChI=1S/C15H24FN/c1-11(2)12(3)8-9-13(4)14(5)17-10-15(6,7)16/h8-9,17H,4-5,10H2,1-3,6-7H3/b9-8-. The molecule has 2 heteroatoms. The maximum Gasteiger partial charge on any atom is 0.122 e. The molecule has 0 saturated carbocycles. The summed E-state index contributed by atoms with van der Waals surface area (Å²) in [6.07, 6.45) is 3.88. The van der Waals surface area contributed by atoms with Crippen LogP contribution < -0.4 is 5.32 Å². The fourth-order valence-corrected chi connectivity index (χ4v) is 0.923. The van der Waals surface area contributed by atoms with Crippen LogP contribution in [0, 0.1) is 0 Å². The van der Waals surface area contributed by atoms with E-state index >= 15 is 0 Å². The first-order chi connectivity index (χ1) is 7.63. The van der Waals surface area contributed by atoms with Gasteiger partial charge in [0, 0.05) is 12.2 Å². The molecule has 0 spiro atoms. The number of halogens is 1. The van der Waals surface area contributed by atoms with Gasteiger partial charge in [-0.3, -0.25) is 0 Å². The fourth-order valence-electron chi connectivity index (χ4n) is 0.923. The zero-order valence-corrected chi connectivity index (χ0v) is 11.7. The SMILES string of the molecule is C=C(/C=C\C(C)=C(C)C)C(=C)NCC(C)(C)F. The molecule has 0 rings (SSSR count). The smallest absolute Gasteiger partial charge is 0.122 e. The van der Waals surface area contributed by atoms with Gasteiger partial charge in [0.05, 0.1) is 0 Å². The summed E-state index contributed by atoms with van der Waals surface area (Å²) >= 11 is 0. The Morgan fingerprint density at radius 2 is 1.71 bits per heavy atom. The summed E-state index contributed by atoms with van der Waals surface area (Å²) in [6.45, 7) is 17.2. The van der Waals surface area contributed by atoms with E-state index in [9.17, 15) is 4.39 Å². The van der Waals surface area contributed by atoms with Gasteiger partial charge in [-0.25, -0.2) is 4.39 Å². The molecule has 17 heavy (non-hydrogen) atoms. The van der Waals surface area contributed by atoms with E-state index < -0.39 is 5.67 Å². The zero-order valence-electron chi connectivity index (χ0n) is 11.7. The molecular weight excluding hydrogens is 213 g/mol. The van der Waals surface area contributed by atoms with Crippen LogP contribution in [0.2, 0.25) is 0 Å². The van der Waals surface area contributed by atoms with Crippen LogP contribution in [0.25, 0.3) is 0 Å². The molecular formula is C15H24FN. The topological polar surface area (TPSA) is 12.0 Å². The summed E-state index contributed by atoms with van der Waals surface area (Å²) in [7, 11) is 0. The Hall–Kier alpha value is -1.31. The first-order valence-corrected chi connectivity index (χ1v) is 5.76. The molecule has 0 aliphatic heterocycles. The summed E-state index contributed by atoms with van der Waals surface area (Å²) in [5.41, 5.74) is 2.65. The Morgan fingerprint density at radius 1 is 1.18 bits per heavy atom. The van der Waals surface area contributed by atoms with Crippen molar-refractivity contribution in [3.63, 3.8) is 0 Å². The van der Waals surface area contributed by atoms with Crippen LogP contribution in [0.3, 0.4) is 0 Å². The van der Waals surface area contributed by atoms with E-state index in [0.717, 1.165) is 5.57 Å². The van der Waals surface area contributed by atoms with Gasteiger partial charge in [-0.05, 0) is 40.2 Å². The van der Waals surface area contributed by atoms with E-state index in [1.165, 1.54) is 25.0 Å². The highest BCUT2D eigenvalue weighted by Crippen LogP contribution is 2.11. The zero-order chi connectivity index (χ0) is 13.6. The Kier molecular flexibility index (Phi) is 5.94. The maximum atomic E-state index is 13.3. The van der Waals surface area contributed by atoms with Crippen molar-refractivity contribution in [3.05, 3.63) is 47.7 Å². The molecule has 0 unspecified atom stereocenters. The van der Waals surface area contributed by atoms with Gasteiger partial charge in [-0.15, -0.1) is 0 Å². The first kappa shape index (κ1) is 15.7. The number of alkyl halides is 1. The predicted molar refractivity (Wildman–Crippen MR) is 74.7 cm³/mol. The van der Waals surface area contributed by atoms with Gasteiger partial charge in [-0.1, -0.05) is 36.5 Å². The third-order valence-corrected chi connectivity index (χ3v) is 2.43. The third-order valence-electron chi connectivity index (χ3n) is 2.43.